The molecule has 1 fully saturated rings. The molecule has 0 aliphatic carbocycles. The van der Waals surface area contributed by atoms with Crippen molar-refractivity contribution in [2.75, 3.05) is 44.7 Å². The normalized spacial score (nSPS) is 22.3. The molecule has 0 bridgehead atoms. The Morgan fingerprint density at radius 3 is 2.64 bits per heavy atom. The Morgan fingerprint density at radius 2 is 2.09 bits per heavy atom. The molecule has 0 aromatic heterocycles. The van der Waals surface area contributed by atoms with Crippen LogP contribution in [0.3, 0.4) is 0 Å². The summed E-state index contributed by atoms with van der Waals surface area (Å²) in [7, 11) is 1.43. The summed E-state index contributed by atoms with van der Waals surface area (Å²) in [5.41, 5.74) is 0. The van der Waals surface area contributed by atoms with E-state index in [2.05, 4.69) is 10.2 Å². The number of hydrogen-bond donors (Lipinski definition) is 1. The third-order valence-electron chi connectivity index (χ3n) is 1.95. The van der Waals surface area contributed by atoms with Gasteiger partial charge >= 0.3 is 0 Å². The average molecular weight is 176 g/mol. The van der Waals surface area contributed by atoms with Gasteiger partial charge in [0.2, 0.25) is 0 Å². The standard InChI is InChI=1S/C7H16N2OS/c1-8-2-3-9-4-6-11(10)7-5-9/h8H,2-7H2,1H3. The fourth-order valence-electron chi connectivity index (χ4n) is 1.17. The van der Waals surface area contributed by atoms with E-state index in [1.165, 1.54) is 0 Å². The van der Waals surface area contributed by atoms with Crippen LogP contribution in [0.5, 0.6) is 0 Å². The first-order valence-corrected chi connectivity index (χ1v) is 5.53. The highest BCUT2D eigenvalue weighted by atomic mass is 32.2. The van der Waals surface area contributed by atoms with Crippen LogP contribution in [-0.4, -0.2) is 53.8 Å². The van der Waals surface area contributed by atoms with Gasteiger partial charge in [-0.1, -0.05) is 0 Å². The van der Waals surface area contributed by atoms with Crippen LogP contribution in [0.15, 0.2) is 0 Å². The Kier molecular flexibility index (Phi) is 4.04. The first-order valence-electron chi connectivity index (χ1n) is 4.05. The van der Waals surface area contributed by atoms with Gasteiger partial charge in [-0.3, -0.25) is 4.21 Å². The van der Waals surface area contributed by atoms with E-state index < -0.39 is 10.8 Å². The highest BCUT2D eigenvalue weighted by Crippen LogP contribution is 1.97. The number of nitrogens with one attached hydrogen (secondary N) is 1. The Bertz CT molecular complexity index is 130. The van der Waals surface area contributed by atoms with E-state index in [4.69, 9.17) is 0 Å². The number of hydrogen-bond acceptors (Lipinski definition) is 3. The predicted molar refractivity (Wildman–Crippen MR) is 48.2 cm³/mol. The van der Waals surface area contributed by atoms with E-state index in [1.54, 1.807) is 0 Å². The molecule has 0 amide bonds. The monoisotopic (exact) mass is 176 g/mol. The molecular weight excluding hydrogens is 160 g/mol. The smallest absolute Gasteiger partial charge is 0.0363 e. The Balaban J connectivity index is 2.12. The molecule has 1 aliphatic heterocycles. The second-order valence-electron chi connectivity index (χ2n) is 2.79. The molecule has 0 atom stereocenters. The van der Waals surface area contributed by atoms with E-state index in [1.807, 2.05) is 7.05 Å². The SMILES string of the molecule is CNCCN1CCS(=O)CC1. The van der Waals surface area contributed by atoms with Crippen LogP contribution in [0.25, 0.3) is 0 Å². The minimum absolute atomic E-state index is 0.529. The van der Waals surface area contributed by atoms with Crippen LogP contribution in [0.1, 0.15) is 0 Å². The maximum absolute atomic E-state index is 11.0. The molecule has 1 aliphatic rings. The van der Waals surface area contributed by atoms with Gasteiger partial charge in [0, 0.05) is 48.5 Å². The maximum atomic E-state index is 11.0. The first-order chi connectivity index (χ1) is 5.33. The third-order valence-corrected chi connectivity index (χ3v) is 3.22. The lowest BCUT2D eigenvalue weighted by Crippen LogP contribution is -2.40. The molecule has 0 aromatic rings. The summed E-state index contributed by atoms with van der Waals surface area (Å²) in [6.45, 7) is 4.14. The molecule has 3 nitrogen and oxygen atoms in total. The molecule has 0 spiro atoms. The minimum Gasteiger partial charge on any atom is -0.318 e. The van der Waals surface area contributed by atoms with Crippen molar-refractivity contribution in [2.45, 2.75) is 0 Å². The van der Waals surface area contributed by atoms with Crippen molar-refractivity contribution < 1.29 is 4.21 Å². The molecule has 11 heavy (non-hydrogen) atoms. The van der Waals surface area contributed by atoms with Crippen molar-refractivity contribution in [3.05, 3.63) is 0 Å². The molecule has 0 unspecified atom stereocenters. The van der Waals surface area contributed by atoms with Crippen LogP contribution in [-0.2, 0) is 10.8 Å². The summed E-state index contributed by atoms with van der Waals surface area (Å²) in [5.74, 6) is 1.73. The van der Waals surface area contributed by atoms with E-state index >= 15 is 0 Å². The molecule has 1 rings (SSSR count). The van der Waals surface area contributed by atoms with Gasteiger partial charge in [0.15, 0.2) is 0 Å². The van der Waals surface area contributed by atoms with Crippen molar-refractivity contribution in [1.29, 1.82) is 0 Å². The molecule has 1 heterocycles. The van der Waals surface area contributed by atoms with Gasteiger partial charge < -0.3 is 10.2 Å². The minimum atomic E-state index is -0.529. The average Bonchev–Trinajstić information content (AvgIpc) is 2.04. The van der Waals surface area contributed by atoms with Gasteiger partial charge in [-0.05, 0) is 7.05 Å². The van der Waals surface area contributed by atoms with Crippen molar-refractivity contribution in [3.8, 4) is 0 Å². The highest BCUT2D eigenvalue weighted by Gasteiger charge is 2.13. The van der Waals surface area contributed by atoms with Gasteiger partial charge in [-0.15, -0.1) is 0 Å². The lowest BCUT2D eigenvalue weighted by atomic mass is 10.4. The van der Waals surface area contributed by atoms with E-state index in [0.29, 0.717) is 0 Å². The van der Waals surface area contributed by atoms with E-state index in [0.717, 1.165) is 37.7 Å². The van der Waals surface area contributed by atoms with Crippen LogP contribution in [0, 0.1) is 0 Å². The fraction of sp³-hybridized carbons (Fsp3) is 1.00. The molecule has 1 saturated heterocycles. The lowest BCUT2D eigenvalue weighted by molar-refractivity contribution is 0.301. The van der Waals surface area contributed by atoms with Crippen LogP contribution in [0.4, 0.5) is 0 Å². The third kappa shape index (κ3) is 3.31. The summed E-state index contributed by atoms with van der Waals surface area (Å²) >= 11 is 0. The molecule has 4 heteroatoms. The lowest BCUT2D eigenvalue weighted by Gasteiger charge is -2.25. The van der Waals surface area contributed by atoms with Crippen molar-refractivity contribution in [2.24, 2.45) is 0 Å². The van der Waals surface area contributed by atoms with Gasteiger partial charge in [-0.2, -0.15) is 0 Å². The van der Waals surface area contributed by atoms with Crippen LogP contribution < -0.4 is 5.32 Å². The molecule has 66 valence electrons. The highest BCUT2D eigenvalue weighted by molar-refractivity contribution is 7.85. The van der Waals surface area contributed by atoms with Gasteiger partial charge in [0.25, 0.3) is 0 Å². The number of nitrogens with zero attached hydrogens (tertiary/aromatic N) is 1. The van der Waals surface area contributed by atoms with Crippen molar-refractivity contribution in [1.82, 2.24) is 10.2 Å². The van der Waals surface area contributed by atoms with Crippen molar-refractivity contribution >= 4 is 10.8 Å². The maximum Gasteiger partial charge on any atom is 0.0363 e. The Hall–Kier alpha value is 0.0700. The van der Waals surface area contributed by atoms with Gasteiger partial charge in [0.1, 0.15) is 0 Å². The zero-order chi connectivity index (χ0) is 8.10. The molecule has 0 aromatic carbocycles. The molecular formula is C7H16N2OS. The summed E-state index contributed by atoms with van der Waals surface area (Å²) in [6, 6.07) is 0. The number of likely N-dealkylation sites (N-methyl/N-ethyl adjacent to an activating group) is 1. The Labute approximate surface area is 70.6 Å². The summed E-state index contributed by atoms with van der Waals surface area (Å²) in [6.07, 6.45) is 0. The van der Waals surface area contributed by atoms with Gasteiger partial charge in [0.05, 0.1) is 0 Å². The molecule has 0 radical (unpaired) electrons. The summed E-state index contributed by atoms with van der Waals surface area (Å²) in [5, 5.41) is 3.11. The Morgan fingerprint density at radius 1 is 1.45 bits per heavy atom. The fourth-order valence-corrected chi connectivity index (χ4v) is 2.30. The van der Waals surface area contributed by atoms with Crippen molar-refractivity contribution in [3.63, 3.8) is 0 Å². The zero-order valence-electron chi connectivity index (χ0n) is 7.01. The first kappa shape index (κ1) is 9.16. The molecule has 1 N–H and O–H groups in total. The summed E-state index contributed by atoms with van der Waals surface area (Å²) < 4.78 is 11.0. The van der Waals surface area contributed by atoms with Crippen LogP contribution >= 0.6 is 0 Å². The topological polar surface area (TPSA) is 32.3 Å². The summed E-state index contributed by atoms with van der Waals surface area (Å²) in [4.78, 5) is 2.36. The van der Waals surface area contributed by atoms with Crippen LogP contribution in [0.2, 0.25) is 0 Å². The predicted octanol–water partition coefficient (Wildman–Crippen LogP) is -0.730. The quantitative estimate of drug-likeness (QED) is 0.615. The second kappa shape index (κ2) is 4.85. The van der Waals surface area contributed by atoms with E-state index in [-0.39, 0.29) is 0 Å². The zero-order valence-corrected chi connectivity index (χ0v) is 7.82. The molecule has 0 saturated carbocycles. The van der Waals surface area contributed by atoms with E-state index in [9.17, 15) is 4.21 Å². The van der Waals surface area contributed by atoms with Gasteiger partial charge in [-0.25, -0.2) is 0 Å². The number of rotatable bonds is 3. The largest absolute Gasteiger partial charge is 0.318 e. The second-order valence-corrected chi connectivity index (χ2v) is 4.49.